The highest BCUT2D eigenvalue weighted by Gasteiger charge is 2.07. The summed E-state index contributed by atoms with van der Waals surface area (Å²) in [6, 6.07) is 6.80. The lowest BCUT2D eigenvalue weighted by atomic mass is 10.2. The number of rotatable bonds is 4. The van der Waals surface area contributed by atoms with Gasteiger partial charge in [-0.25, -0.2) is 4.68 Å². The smallest absolute Gasteiger partial charge is 0.269 e. The van der Waals surface area contributed by atoms with Gasteiger partial charge in [-0.05, 0) is 19.1 Å². The zero-order valence-corrected chi connectivity index (χ0v) is 9.96. The van der Waals surface area contributed by atoms with Gasteiger partial charge in [0.15, 0.2) is 0 Å². The van der Waals surface area contributed by atoms with E-state index in [0.717, 1.165) is 0 Å². The highest BCUT2D eigenvalue weighted by Crippen LogP contribution is 2.21. The molecule has 1 aromatic carbocycles. The predicted molar refractivity (Wildman–Crippen MR) is 67.7 cm³/mol. The first-order valence-electron chi connectivity index (χ1n) is 5.49. The lowest BCUT2D eigenvalue weighted by Crippen LogP contribution is -2.12. The number of aromatic nitrogens is 2. The quantitative estimate of drug-likeness (QED) is 0.785. The van der Waals surface area contributed by atoms with Crippen LogP contribution in [0.15, 0.2) is 30.5 Å². The molecular weight excluding hydrogens is 232 g/mol. The van der Waals surface area contributed by atoms with Crippen molar-refractivity contribution in [3.63, 3.8) is 0 Å². The van der Waals surface area contributed by atoms with Crippen LogP contribution in [0.5, 0.6) is 5.75 Å². The molecule has 0 unspecified atom stereocenters. The fourth-order valence-corrected chi connectivity index (χ4v) is 1.59. The number of carbonyl (C=O) groups excluding carboxylic acids is 1. The number of nitrogen functional groups attached to an aromatic ring is 1. The minimum atomic E-state index is -0.567. The molecule has 0 atom stereocenters. The van der Waals surface area contributed by atoms with Gasteiger partial charge in [-0.1, -0.05) is 0 Å². The maximum absolute atomic E-state index is 11.0. The first-order chi connectivity index (χ1) is 8.60. The van der Waals surface area contributed by atoms with Gasteiger partial charge in [0.25, 0.3) is 5.91 Å². The first-order valence-corrected chi connectivity index (χ1v) is 5.49. The molecule has 0 saturated carbocycles. The lowest BCUT2D eigenvalue weighted by Gasteiger charge is -2.08. The van der Waals surface area contributed by atoms with Gasteiger partial charge in [0, 0.05) is 24.0 Å². The molecule has 1 amide bonds. The second-order valence-corrected chi connectivity index (χ2v) is 3.70. The number of amides is 1. The van der Waals surface area contributed by atoms with Gasteiger partial charge in [-0.3, -0.25) is 4.79 Å². The topological polar surface area (TPSA) is 96.2 Å². The highest BCUT2D eigenvalue weighted by atomic mass is 16.5. The molecule has 0 spiro atoms. The molecule has 6 nitrogen and oxygen atoms in total. The van der Waals surface area contributed by atoms with Crippen molar-refractivity contribution in [3.8, 4) is 11.4 Å². The molecule has 0 fully saturated rings. The Kier molecular flexibility index (Phi) is 3.18. The van der Waals surface area contributed by atoms with Crippen molar-refractivity contribution in [1.29, 1.82) is 0 Å². The Hall–Kier alpha value is -2.50. The van der Waals surface area contributed by atoms with E-state index in [9.17, 15) is 4.79 Å². The molecule has 2 rings (SSSR count). The average Bonchev–Trinajstić information content (AvgIpc) is 2.78. The molecular formula is C12H14N4O2. The van der Waals surface area contributed by atoms with Gasteiger partial charge >= 0.3 is 0 Å². The Labute approximate surface area is 104 Å². The van der Waals surface area contributed by atoms with E-state index in [0.29, 0.717) is 23.7 Å². The summed E-state index contributed by atoms with van der Waals surface area (Å²) in [5.74, 6) is 0.0892. The summed E-state index contributed by atoms with van der Waals surface area (Å²) >= 11 is 0. The minimum absolute atomic E-state index is 0.204. The summed E-state index contributed by atoms with van der Waals surface area (Å²) in [4.78, 5) is 11.0. The number of primary amides is 1. The number of carbonyl (C=O) groups is 1. The molecule has 0 aliphatic rings. The van der Waals surface area contributed by atoms with Gasteiger partial charge < -0.3 is 16.2 Å². The summed E-state index contributed by atoms with van der Waals surface area (Å²) in [5, 5.41) is 4.05. The van der Waals surface area contributed by atoms with Crippen molar-refractivity contribution < 1.29 is 9.53 Å². The van der Waals surface area contributed by atoms with E-state index in [1.165, 1.54) is 4.68 Å². The van der Waals surface area contributed by atoms with Crippen LogP contribution in [0, 0.1) is 0 Å². The molecule has 0 bridgehead atoms. The highest BCUT2D eigenvalue weighted by molar-refractivity contribution is 5.90. The summed E-state index contributed by atoms with van der Waals surface area (Å²) in [6.07, 6.45) is 1.64. The summed E-state index contributed by atoms with van der Waals surface area (Å²) in [7, 11) is 0. The van der Waals surface area contributed by atoms with Crippen LogP contribution < -0.4 is 16.2 Å². The minimum Gasteiger partial charge on any atom is -0.494 e. The van der Waals surface area contributed by atoms with Crippen LogP contribution in [0.2, 0.25) is 0 Å². The predicted octanol–water partition coefficient (Wildman–Crippen LogP) is 0.952. The van der Waals surface area contributed by atoms with Crippen molar-refractivity contribution in [2.24, 2.45) is 5.73 Å². The molecule has 0 saturated heterocycles. The van der Waals surface area contributed by atoms with Crippen LogP contribution in [0.4, 0.5) is 5.69 Å². The molecule has 2 aromatic rings. The Bertz CT molecular complexity index is 577. The van der Waals surface area contributed by atoms with Crippen molar-refractivity contribution in [1.82, 2.24) is 9.78 Å². The van der Waals surface area contributed by atoms with E-state index in [-0.39, 0.29) is 5.69 Å². The van der Waals surface area contributed by atoms with Gasteiger partial charge in [0.1, 0.15) is 11.4 Å². The monoisotopic (exact) mass is 246 g/mol. The second kappa shape index (κ2) is 4.79. The lowest BCUT2D eigenvalue weighted by molar-refractivity contribution is 0.0995. The van der Waals surface area contributed by atoms with Gasteiger partial charge in [0.2, 0.25) is 0 Å². The number of ether oxygens (including phenoxy) is 1. The number of hydrogen-bond acceptors (Lipinski definition) is 4. The normalized spacial score (nSPS) is 10.3. The SMILES string of the molecule is CCOc1cc(N)cc(-n2ccc(C(N)=O)n2)c1. The Balaban J connectivity index is 2.39. The van der Waals surface area contributed by atoms with Crippen LogP contribution in [0.1, 0.15) is 17.4 Å². The third-order valence-corrected chi connectivity index (χ3v) is 2.33. The number of hydrogen-bond donors (Lipinski definition) is 2. The summed E-state index contributed by atoms with van der Waals surface area (Å²) in [5.41, 5.74) is 12.4. The molecule has 0 aliphatic heterocycles. The molecule has 6 heteroatoms. The summed E-state index contributed by atoms with van der Waals surface area (Å²) in [6.45, 7) is 2.44. The zero-order valence-electron chi connectivity index (χ0n) is 9.96. The third-order valence-electron chi connectivity index (χ3n) is 2.33. The average molecular weight is 246 g/mol. The van der Waals surface area contributed by atoms with Crippen molar-refractivity contribution in [3.05, 3.63) is 36.2 Å². The zero-order chi connectivity index (χ0) is 13.1. The molecule has 1 heterocycles. The fourth-order valence-electron chi connectivity index (χ4n) is 1.59. The molecule has 0 aliphatic carbocycles. The van der Waals surface area contributed by atoms with Crippen LogP contribution in [0.3, 0.4) is 0 Å². The van der Waals surface area contributed by atoms with Crippen molar-refractivity contribution in [2.75, 3.05) is 12.3 Å². The van der Waals surface area contributed by atoms with E-state index in [2.05, 4.69) is 5.10 Å². The molecule has 94 valence electrons. The Morgan fingerprint density at radius 2 is 2.22 bits per heavy atom. The van der Waals surface area contributed by atoms with E-state index in [4.69, 9.17) is 16.2 Å². The first kappa shape index (κ1) is 12.0. The number of benzene rings is 1. The van der Waals surface area contributed by atoms with Crippen LogP contribution in [-0.2, 0) is 0 Å². The standard InChI is InChI=1S/C12H14N4O2/c1-2-18-10-6-8(13)5-9(7-10)16-4-3-11(15-16)12(14)17/h3-7H,2,13H2,1H3,(H2,14,17). The van der Waals surface area contributed by atoms with Gasteiger partial charge in [-0.2, -0.15) is 5.10 Å². The van der Waals surface area contributed by atoms with Gasteiger partial charge in [0.05, 0.1) is 12.3 Å². The Morgan fingerprint density at radius 1 is 1.44 bits per heavy atom. The molecule has 1 aromatic heterocycles. The van der Waals surface area contributed by atoms with Crippen LogP contribution >= 0.6 is 0 Å². The van der Waals surface area contributed by atoms with Crippen LogP contribution in [-0.4, -0.2) is 22.3 Å². The van der Waals surface area contributed by atoms with Crippen molar-refractivity contribution in [2.45, 2.75) is 6.92 Å². The molecule has 0 radical (unpaired) electrons. The fraction of sp³-hybridized carbons (Fsp3) is 0.167. The molecule has 4 N–H and O–H groups in total. The number of nitrogens with zero attached hydrogens (tertiary/aromatic N) is 2. The van der Waals surface area contributed by atoms with E-state index < -0.39 is 5.91 Å². The van der Waals surface area contributed by atoms with Gasteiger partial charge in [-0.15, -0.1) is 0 Å². The third kappa shape index (κ3) is 2.42. The second-order valence-electron chi connectivity index (χ2n) is 3.70. The number of anilines is 1. The largest absolute Gasteiger partial charge is 0.494 e. The maximum atomic E-state index is 11.0. The summed E-state index contributed by atoms with van der Waals surface area (Å²) < 4.78 is 6.92. The van der Waals surface area contributed by atoms with E-state index in [1.54, 1.807) is 30.5 Å². The maximum Gasteiger partial charge on any atom is 0.269 e. The van der Waals surface area contributed by atoms with Crippen LogP contribution in [0.25, 0.3) is 5.69 Å². The van der Waals surface area contributed by atoms with E-state index >= 15 is 0 Å². The Morgan fingerprint density at radius 3 is 2.83 bits per heavy atom. The van der Waals surface area contributed by atoms with E-state index in [1.807, 2.05) is 6.92 Å². The molecule has 18 heavy (non-hydrogen) atoms. The van der Waals surface area contributed by atoms with Crippen molar-refractivity contribution >= 4 is 11.6 Å². The number of nitrogens with two attached hydrogens (primary N) is 2.